The fraction of sp³-hybridized carbons (Fsp3) is 0. The zero-order valence-corrected chi connectivity index (χ0v) is 10.7. The van der Waals surface area contributed by atoms with Crippen molar-refractivity contribution in [2.75, 3.05) is 0 Å². The van der Waals surface area contributed by atoms with Crippen LogP contribution in [0.5, 0.6) is 0 Å². The van der Waals surface area contributed by atoms with Gasteiger partial charge in [0.15, 0.2) is 0 Å². The monoisotopic (exact) mass is 280 g/mol. The predicted octanol–water partition coefficient (Wildman–Crippen LogP) is 3.42. The number of hydrogen-bond acceptors (Lipinski definition) is 4. The number of aromatic amines is 1. The van der Waals surface area contributed by atoms with Gasteiger partial charge in [-0.15, -0.1) is 0 Å². The Morgan fingerprint density at radius 2 is 2.00 bits per heavy atom. The summed E-state index contributed by atoms with van der Waals surface area (Å²) in [7, 11) is 0. The van der Waals surface area contributed by atoms with E-state index in [1.807, 2.05) is 18.2 Å². The highest BCUT2D eigenvalue weighted by Gasteiger charge is 2.14. The molecule has 2 aromatic heterocycles. The van der Waals surface area contributed by atoms with Gasteiger partial charge in [0, 0.05) is 5.56 Å². The minimum atomic E-state index is -0.392. The van der Waals surface area contributed by atoms with E-state index in [0.29, 0.717) is 11.4 Å². The van der Waals surface area contributed by atoms with Crippen molar-refractivity contribution in [3.63, 3.8) is 0 Å². The Morgan fingerprint density at radius 3 is 2.90 bits per heavy atom. The summed E-state index contributed by atoms with van der Waals surface area (Å²) in [4.78, 5) is 11.4. The van der Waals surface area contributed by atoms with Crippen molar-refractivity contribution >= 4 is 11.0 Å². The molecule has 2 aromatic carbocycles. The summed E-state index contributed by atoms with van der Waals surface area (Å²) < 4.78 is 18.9. The van der Waals surface area contributed by atoms with Crippen molar-refractivity contribution in [3.05, 3.63) is 54.6 Å². The van der Waals surface area contributed by atoms with Crippen molar-refractivity contribution < 1.29 is 8.91 Å². The number of fused-ring (bicyclic) bond motifs is 1. The SMILES string of the molecule is Fc1ccccc1-c1nc(-c2ccc3nc[nH]c3c2)no1. The number of hydrogen-bond donors (Lipinski definition) is 1. The molecule has 4 aromatic rings. The summed E-state index contributed by atoms with van der Waals surface area (Å²) in [5, 5.41) is 3.91. The van der Waals surface area contributed by atoms with Crippen LogP contribution in [-0.2, 0) is 0 Å². The molecule has 0 bridgehead atoms. The maximum absolute atomic E-state index is 13.7. The van der Waals surface area contributed by atoms with E-state index in [-0.39, 0.29) is 5.89 Å². The number of halogens is 1. The second-order valence-electron chi connectivity index (χ2n) is 4.54. The minimum absolute atomic E-state index is 0.160. The number of H-pyrrole nitrogens is 1. The van der Waals surface area contributed by atoms with Gasteiger partial charge in [-0.3, -0.25) is 0 Å². The van der Waals surface area contributed by atoms with E-state index < -0.39 is 5.82 Å². The second-order valence-corrected chi connectivity index (χ2v) is 4.54. The molecule has 0 aliphatic heterocycles. The summed E-state index contributed by atoms with van der Waals surface area (Å²) in [5.41, 5.74) is 2.80. The first-order valence-corrected chi connectivity index (χ1v) is 6.33. The Labute approximate surface area is 118 Å². The van der Waals surface area contributed by atoms with Gasteiger partial charge in [-0.25, -0.2) is 9.37 Å². The van der Waals surface area contributed by atoms with Crippen LogP contribution in [0.1, 0.15) is 0 Å². The Morgan fingerprint density at radius 1 is 1.10 bits per heavy atom. The van der Waals surface area contributed by atoms with E-state index in [9.17, 15) is 4.39 Å². The van der Waals surface area contributed by atoms with Crippen molar-refractivity contribution in [2.24, 2.45) is 0 Å². The van der Waals surface area contributed by atoms with E-state index in [0.717, 1.165) is 16.6 Å². The zero-order chi connectivity index (χ0) is 14.2. The number of aromatic nitrogens is 4. The van der Waals surface area contributed by atoms with Gasteiger partial charge in [0.05, 0.1) is 22.9 Å². The molecule has 0 saturated carbocycles. The lowest BCUT2D eigenvalue weighted by atomic mass is 10.2. The highest BCUT2D eigenvalue weighted by molar-refractivity contribution is 5.80. The molecule has 0 aliphatic rings. The molecule has 0 saturated heterocycles. The van der Waals surface area contributed by atoms with Gasteiger partial charge in [-0.2, -0.15) is 4.98 Å². The minimum Gasteiger partial charge on any atom is -0.345 e. The maximum atomic E-state index is 13.7. The van der Waals surface area contributed by atoms with E-state index in [2.05, 4.69) is 20.1 Å². The molecule has 0 amide bonds. The standard InChI is InChI=1S/C15H9FN4O/c16-11-4-2-1-3-10(11)15-19-14(20-21-15)9-5-6-12-13(7-9)18-8-17-12/h1-8H,(H,17,18). The lowest BCUT2D eigenvalue weighted by molar-refractivity contribution is 0.429. The lowest BCUT2D eigenvalue weighted by Crippen LogP contribution is -1.84. The first kappa shape index (κ1) is 11.8. The average Bonchev–Trinajstić information content (AvgIpc) is 3.16. The predicted molar refractivity (Wildman–Crippen MR) is 74.8 cm³/mol. The molecule has 0 unspecified atom stereocenters. The van der Waals surface area contributed by atoms with E-state index >= 15 is 0 Å². The first-order valence-electron chi connectivity index (χ1n) is 6.33. The molecule has 0 aliphatic carbocycles. The van der Waals surface area contributed by atoms with Crippen LogP contribution in [0.15, 0.2) is 53.3 Å². The first-order chi connectivity index (χ1) is 10.3. The fourth-order valence-electron chi connectivity index (χ4n) is 2.16. The second kappa shape index (κ2) is 4.52. The number of benzene rings is 2. The Hall–Kier alpha value is -3.02. The molecule has 0 radical (unpaired) electrons. The van der Waals surface area contributed by atoms with Crippen molar-refractivity contribution in [1.82, 2.24) is 20.1 Å². The van der Waals surface area contributed by atoms with Gasteiger partial charge < -0.3 is 9.51 Å². The van der Waals surface area contributed by atoms with Crippen LogP contribution < -0.4 is 0 Å². The molecule has 5 nitrogen and oxygen atoms in total. The highest BCUT2D eigenvalue weighted by Crippen LogP contribution is 2.25. The van der Waals surface area contributed by atoms with Crippen LogP contribution in [0, 0.1) is 5.82 Å². The van der Waals surface area contributed by atoms with E-state index in [1.54, 1.807) is 24.5 Å². The van der Waals surface area contributed by atoms with Crippen molar-refractivity contribution in [1.29, 1.82) is 0 Å². The summed E-state index contributed by atoms with van der Waals surface area (Å²) in [6.07, 6.45) is 1.62. The van der Waals surface area contributed by atoms with E-state index in [4.69, 9.17) is 4.52 Å². The van der Waals surface area contributed by atoms with E-state index in [1.165, 1.54) is 6.07 Å². The molecule has 2 heterocycles. The molecule has 0 spiro atoms. The highest BCUT2D eigenvalue weighted by atomic mass is 19.1. The zero-order valence-electron chi connectivity index (χ0n) is 10.7. The van der Waals surface area contributed by atoms with Gasteiger partial charge >= 0.3 is 0 Å². The van der Waals surface area contributed by atoms with Gasteiger partial charge in [0.2, 0.25) is 5.82 Å². The third-order valence-corrected chi connectivity index (χ3v) is 3.21. The average molecular weight is 280 g/mol. The summed E-state index contributed by atoms with van der Waals surface area (Å²) in [6.45, 7) is 0. The Balaban J connectivity index is 1.78. The third-order valence-electron chi connectivity index (χ3n) is 3.21. The van der Waals surface area contributed by atoms with Crippen LogP contribution in [0.25, 0.3) is 33.9 Å². The summed E-state index contributed by atoms with van der Waals surface area (Å²) in [5.74, 6) is 0.175. The quantitative estimate of drug-likeness (QED) is 0.611. The Bertz CT molecular complexity index is 928. The van der Waals surface area contributed by atoms with Crippen LogP contribution in [0.2, 0.25) is 0 Å². The number of rotatable bonds is 2. The molecular weight excluding hydrogens is 271 g/mol. The van der Waals surface area contributed by atoms with Crippen molar-refractivity contribution in [2.45, 2.75) is 0 Å². The van der Waals surface area contributed by atoms with Crippen LogP contribution in [0.3, 0.4) is 0 Å². The van der Waals surface area contributed by atoms with Crippen LogP contribution in [-0.4, -0.2) is 20.1 Å². The molecule has 21 heavy (non-hydrogen) atoms. The summed E-state index contributed by atoms with van der Waals surface area (Å²) >= 11 is 0. The third kappa shape index (κ3) is 1.97. The smallest absolute Gasteiger partial charge is 0.261 e. The normalized spacial score (nSPS) is 11.1. The fourth-order valence-corrected chi connectivity index (χ4v) is 2.16. The number of nitrogens with one attached hydrogen (secondary N) is 1. The largest absolute Gasteiger partial charge is 0.345 e. The molecule has 4 rings (SSSR count). The van der Waals surface area contributed by atoms with Gasteiger partial charge in [-0.05, 0) is 30.3 Å². The molecule has 102 valence electrons. The maximum Gasteiger partial charge on any atom is 0.261 e. The summed E-state index contributed by atoms with van der Waals surface area (Å²) in [6, 6.07) is 11.9. The molecule has 6 heteroatoms. The van der Waals surface area contributed by atoms with Gasteiger partial charge in [0.25, 0.3) is 5.89 Å². The molecule has 1 N–H and O–H groups in total. The van der Waals surface area contributed by atoms with Crippen LogP contribution in [0.4, 0.5) is 4.39 Å². The number of imidazole rings is 1. The van der Waals surface area contributed by atoms with Gasteiger partial charge in [-0.1, -0.05) is 17.3 Å². The molecular formula is C15H9FN4O. The molecule has 0 fully saturated rings. The topological polar surface area (TPSA) is 67.6 Å². The number of nitrogens with zero attached hydrogens (tertiary/aromatic N) is 3. The molecule has 0 atom stereocenters. The Kier molecular flexibility index (Phi) is 2.53. The lowest BCUT2D eigenvalue weighted by Gasteiger charge is -1.95. The van der Waals surface area contributed by atoms with Crippen LogP contribution >= 0.6 is 0 Å². The van der Waals surface area contributed by atoms with Gasteiger partial charge in [0.1, 0.15) is 5.82 Å². The van der Waals surface area contributed by atoms with Crippen molar-refractivity contribution in [3.8, 4) is 22.8 Å².